The van der Waals surface area contributed by atoms with Crippen LogP contribution < -0.4 is 10.0 Å². The van der Waals surface area contributed by atoms with E-state index in [0.29, 0.717) is 11.4 Å². The van der Waals surface area contributed by atoms with Gasteiger partial charge in [-0.3, -0.25) is 0 Å². The van der Waals surface area contributed by atoms with Crippen molar-refractivity contribution in [2.24, 2.45) is 5.92 Å². The molecule has 0 fully saturated rings. The van der Waals surface area contributed by atoms with E-state index in [-0.39, 0.29) is 5.92 Å². The molecule has 0 aliphatic carbocycles. The highest BCUT2D eigenvalue weighted by atomic mass is 32.2. The molecule has 2 aromatic rings. The number of hydrogen-bond acceptors (Lipinski definition) is 3. The second-order valence-electron chi connectivity index (χ2n) is 5.02. The Hall–Kier alpha value is -1.43. The highest BCUT2D eigenvalue weighted by molar-refractivity contribution is 7.89. The summed E-state index contributed by atoms with van der Waals surface area (Å²) >= 11 is 0. The van der Waals surface area contributed by atoms with Gasteiger partial charge in [-0.1, -0.05) is 37.3 Å². The van der Waals surface area contributed by atoms with Gasteiger partial charge in [0.15, 0.2) is 0 Å². The summed E-state index contributed by atoms with van der Waals surface area (Å²) in [6.07, 6.45) is 0. The molecule has 0 radical (unpaired) electrons. The Balaban J connectivity index is 2.19. The van der Waals surface area contributed by atoms with Gasteiger partial charge in [0.05, 0.1) is 4.90 Å². The molecule has 0 aromatic heterocycles. The average molecular weight is 292 g/mol. The van der Waals surface area contributed by atoms with Crippen LogP contribution in [0.3, 0.4) is 0 Å². The molecule has 4 nitrogen and oxygen atoms in total. The van der Waals surface area contributed by atoms with Crippen LogP contribution in [-0.4, -0.2) is 28.6 Å². The zero-order valence-electron chi connectivity index (χ0n) is 11.8. The lowest BCUT2D eigenvalue weighted by molar-refractivity contribution is 0.519. The molecule has 0 spiro atoms. The summed E-state index contributed by atoms with van der Waals surface area (Å²) in [7, 11) is -1.59. The Kier molecular flexibility index (Phi) is 4.75. The summed E-state index contributed by atoms with van der Waals surface area (Å²) in [4.78, 5) is 0.313. The Morgan fingerprint density at radius 3 is 2.45 bits per heavy atom. The van der Waals surface area contributed by atoms with Gasteiger partial charge in [-0.25, -0.2) is 13.1 Å². The summed E-state index contributed by atoms with van der Waals surface area (Å²) in [6, 6.07) is 12.9. The largest absolute Gasteiger partial charge is 0.319 e. The third kappa shape index (κ3) is 3.56. The minimum Gasteiger partial charge on any atom is -0.319 e. The Morgan fingerprint density at radius 1 is 1.05 bits per heavy atom. The molecule has 20 heavy (non-hydrogen) atoms. The quantitative estimate of drug-likeness (QED) is 0.856. The normalized spacial score (nSPS) is 13.5. The van der Waals surface area contributed by atoms with Gasteiger partial charge in [0.25, 0.3) is 0 Å². The monoisotopic (exact) mass is 292 g/mol. The van der Waals surface area contributed by atoms with E-state index >= 15 is 0 Å². The first-order valence-corrected chi connectivity index (χ1v) is 8.14. The van der Waals surface area contributed by atoms with E-state index < -0.39 is 10.0 Å². The van der Waals surface area contributed by atoms with E-state index in [0.717, 1.165) is 17.3 Å². The predicted octanol–water partition coefficient (Wildman–Crippen LogP) is 1.97. The predicted molar refractivity (Wildman–Crippen MR) is 82.2 cm³/mol. The van der Waals surface area contributed by atoms with Crippen LogP contribution in [0.2, 0.25) is 0 Å². The lowest BCUT2D eigenvalue weighted by Crippen LogP contribution is -2.32. The highest BCUT2D eigenvalue weighted by Gasteiger charge is 2.15. The first kappa shape index (κ1) is 15.0. The molecule has 0 saturated heterocycles. The summed E-state index contributed by atoms with van der Waals surface area (Å²) < 4.78 is 27.2. The van der Waals surface area contributed by atoms with Crippen molar-refractivity contribution in [2.45, 2.75) is 11.8 Å². The minimum atomic E-state index is -3.44. The van der Waals surface area contributed by atoms with Crippen LogP contribution in [0.4, 0.5) is 0 Å². The standard InChI is InChI=1S/C15H20N2O2S/c1-12(10-16-2)11-17-20(18,19)15-8-7-13-5-3-4-6-14(13)9-15/h3-9,12,16-17H,10-11H2,1-2H3. The van der Waals surface area contributed by atoms with E-state index in [9.17, 15) is 8.42 Å². The maximum Gasteiger partial charge on any atom is 0.240 e. The van der Waals surface area contributed by atoms with Crippen molar-refractivity contribution in [3.63, 3.8) is 0 Å². The van der Waals surface area contributed by atoms with Crippen molar-refractivity contribution in [3.05, 3.63) is 42.5 Å². The van der Waals surface area contributed by atoms with Crippen LogP contribution >= 0.6 is 0 Å². The van der Waals surface area contributed by atoms with E-state index in [1.807, 2.05) is 44.3 Å². The van der Waals surface area contributed by atoms with Gasteiger partial charge >= 0.3 is 0 Å². The van der Waals surface area contributed by atoms with Crippen LogP contribution in [0.25, 0.3) is 10.8 Å². The third-order valence-electron chi connectivity index (χ3n) is 3.21. The molecule has 108 valence electrons. The van der Waals surface area contributed by atoms with Crippen LogP contribution in [0.15, 0.2) is 47.4 Å². The van der Waals surface area contributed by atoms with Gasteiger partial charge < -0.3 is 5.32 Å². The summed E-state index contributed by atoms with van der Waals surface area (Å²) in [5.41, 5.74) is 0. The van der Waals surface area contributed by atoms with Gasteiger partial charge in [-0.05, 0) is 42.4 Å². The van der Waals surface area contributed by atoms with Gasteiger partial charge in [0.2, 0.25) is 10.0 Å². The Morgan fingerprint density at radius 2 is 1.75 bits per heavy atom. The number of hydrogen-bond donors (Lipinski definition) is 2. The number of sulfonamides is 1. The van der Waals surface area contributed by atoms with Crippen molar-refractivity contribution in [1.29, 1.82) is 0 Å². The van der Waals surface area contributed by atoms with Gasteiger partial charge in [0.1, 0.15) is 0 Å². The van der Waals surface area contributed by atoms with Crippen molar-refractivity contribution >= 4 is 20.8 Å². The fourth-order valence-corrected chi connectivity index (χ4v) is 3.29. The number of benzene rings is 2. The second-order valence-corrected chi connectivity index (χ2v) is 6.79. The molecule has 2 rings (SSSR count). The molecule has 2 N–H and O–H groups in total. The van der Waals surface area contributed by atoms with E-state index in [2.05, 4.69) is 10.0 Å². The van der Waals surface area contributed by atoms with Crippen molar-refractivity contribution < 1.29 is 8.42 Å². The molecule has 0 bridgehead atoms. The van der Waals surface area contributed by atoms with Crippen LogP contribution in [0, 0.1) is 5.92 Å². The molecule has 0 amide bonds. The summed E-state index contributed by atoms with van der Waals surface area (Å²) in [5.74, 6) is 0.246. The van der Waals surface area contributed by atoms with E-state index in [1.165, 1.54) is 0 Å². The fraction of sp³-hybridized carbons (Fsp3) is 0.333. The molecular formula is C15H20N2O2S. The molecule has 0 heterocycles. The van der Waals surface area contributed by atoms with Gasteiger partial charge in [-0.15, -0.1) is 0 Å². The maximum absolute atomic E-state index is 12.3. The average Bonchev–Trinajstić information content (AvgIpc) is 2.45. The lowest BCUT2D eigenvalue weighted by atomic mass is 10.1. The molecule has 0 aliphatic rings. The van der Waals surface area contributed by atoms with Gasteiger partial charge in [-0.2, -0.15) is 0 Å². The third-order valence-corrected chi connectivity index (χ3v) is 4.63. The van der Waals surface area contributed by atoms with E-state index in [4.69, 9.17) is 0 Å². The molecule has 0 saturated carbocycles. The number of nitrogens with one attached hydrogen (secondary N) is 2. The Bertz CT molecular complexity index is 683. The second kappa shape index (κ2) is 6.35. The Labute approximate surface area is 120 Å². The maximum atomic E-state index is 12.3. The molecular weight excluding hydrogens is 272 g/mol. The van der Waals surface area contributed by atoms with Crippen molar-refractivity contribution in [1.82, 2.24) is 10.0 Å². The molecule has 0 aliphatic heterocycles. The smallest absolute Gasteiger partial charge is 0.240 e. The van der Waals surface area contributed by atoms with Crippen LogP contribution in [0.5, 0.6) is 0 Å². The van der Waals surface area contributed by atoms with E-state index in [1.54, 1.807) is 12.1 Å². The van der Waals surface area contributed by atoms with Crippen molar-refractivity contribution in [3.8, 4) is 0 Å². The van der Waals surface area contributed by atoms with Crippen molar-refractivity contribution in [2.75, 3.05) is 20.1 Å². The zero-order valence-corrected chi connectivity index (χ0v) is 12.6. The topological polar surface area (TPSA) is 58.2 Å². The molecule has 5 heteroatoms. The SMILES string of the molecule is CNCC(C)CNS(=O)(=O)c1ccc2ccccc2c1. The molecule has 1 unspecified atom stereocenters. The number of fused-ring (bicyclic) bond motifs is 1. The molecule has 1 atom stereocenters. The first-order valence-electron chi connectivity index (χ1n) is 6.66. The van der Waals surface area contributed by atoms with Gasteiger partial charge in [0, 0.05) is 6.54 Å². The zero-order chi connectivity index (χ0) is 14.6. The number of rotatable bonds is 6. The van der Waals surface area contributed by atoms with Crippen LogP contribution in [0.1, 0.15) is 6.92 Å². The summed E-state index contributed by atoms with van der Waals surface area (Å²) in [6.45, 7) is 3.20. The minimum absolute atomic E-state index is 0.246. The van der Waals surface area contributed by atoms with Crippen LogP contribution in [-0.2, 0) is 10.0 Å². The fourth-order valence-electron chi connectivity index (χ4n) is 2.09. The summed E-state index contributed by atoms with van der Waals surface area (Å²) in [5, 5.41) is 5.00. The lowest BCUT2D eigenvalue weighted by Gasteiger charge is -2.12. The first-order chi connectivity index (χ1) is 9.53. The highest BCUT2D eigenvalue weighted by Crippen LogP contribution is 2.18. The molecule has 2 aromatic carbocycles.